The Morgan fingerprint density at radius 1 is 1.39 bits per heavy atom. The maximum absolute atomic E-state index is 12.2. The zero-order chi connectivity index (χ0) is 16.9. The Morgan fingerprint density at radius 2 is 2.17 bits per heavy atom. The van der Waals surface area contributed by atoms with E-state index in [1.54, 1.807) is 6.20 Å². The molecule has 1 N–H and O–H groups in total. The lowest BCUT2D eigenvalue weighted by Crippen LogP contribution is -2.27. The highest BCUT2D eigenvalue weighted by Crippen LogP contribution is 2.28. The van der Waals surface area contributed by atoms with Gasteiger partial charge in [0.05, 0.1) is 25.4 Å². The Labute approximate surface area is 129 Å². The van der Waals surface area contributed by atoms with Crippen molar-refractivity contribution in [3.63, 3.8) is 0 Å². The number of hydrogen-bond donors (Lipinski definition) is 1. The number of carbonyl (C=O) groups excluding carboxylic acids is 1. The molecule has 0 saturated carbocycles. The molecule has 0 fully saturated rings. The summed E-state index contributed by atoms with van der Waals surface area (Å²) in [4.78, 5) is 12.0. The number of carbonyl (C=O) groups is 1. The van der Waals surface area contributed by atoms with Crippen LogP contribution in [0.3, 0.4) is 0 Å². The summed E-state index contributed by atoms with van der Waals surface area (Å²) in [5.41, 5.74) is 0.0978. The second-order valence-electron chi connectivity index (χ2n) is 4.33. The molecule has 0 radical (unpaired) electrons. The Balaban J connectivity index is 2.01. The highest BCUT2D eigenvalue weighted by molar-refractivity contribution is 5.97. The normalized spacial score (nSPS) is 11.1. The number of nitrogens with zero attached hydrogens (tertiary/aromatic N) is 3. The lowest BCUT2D eigenvalue weighted by atomic mass is 10.1. The summed E-state index contributed by atoms with van der Waals surface area (Å²) in [5, 5.41) is 9.96. The third kappa shape index (κ3) is 4.87. The van der Waals surface area contributed by atoms with Crippen LogP contribution in [0.1, 0.15) is 10.4 Å². The number of nitrogens with one attached hydrogen (secondary N) is 1. The van der Waals surface area contributed by atoms with Gasteiger partial charge in [-0.25, -0.2) is 0 Å². The first-order valence-electron chi connectivity index (χ1n) is 6.45. The van der Waals surface area contributed by atoms with E-state index in [0.29, 0.717) is 6.54 Å². The van der Waals surface area contributed by atoms with Gasteiger partial charge in [0.25, 0.3) is 5.91 Å². The minimum absolute atomic E-state index is 0.0231. The number of alkyl halides is 3. The highest BCUT2D eigenvalue weighted by Gasteiger charge is 2.31. The zero-order valence-corrected chi connectivity index (χ0v) is 12.0. The van der Waals surface area contributed by atoms with E-state index < -0.39 is 18.0 Å². The van der Waals surface area contributed by atoms with Crippen LogP contribution in [0.2, 0.25) is 0 Å². The van der Waals surface area contributed by atoms with Gasteiger partial charge < -0.3 is 14.8 Å². The Bertz CT molecular complexity index is 659. The third-order valence-corrected chi connectivity index (χ3v) is 2.75. The van der Waals surface area contributed by atoms with Crippen LogP contribution in [0.5, 0.6) is 11.5 Å². The molecule has 1 amide bonds. The van der Waals surface area contributed by atoms with E-state index in [1.807, 2.05) is 0 Å². The van der Waals surface area contributed by atoms with Crippen LogP contribution in [0, 0.1) is 0 Å². The Morgan fingerprint density at radius 3 is 2.78 bits per heavy atom. The minimum atomic E-state index is -4.81. The molecule has 7 nitrogen and oxygen atoms in total. The van der Waals surface area contributed by atoms with Crippen LogP contribution in [-0.4, -0.2) is 40.9 Å². The SMILES string of the molecule is COc1cc(OC(F)(F)F)ccc1C(=O)NCCn1ccnn1. The standard InChI is InChI=1S/C13H13F3N4O3/c1-22-11-8-9(23-13(14,15)16)2-3-10(11)12(21)17-4-6-20-7-5-18-19-20/h2-3,5,7-8H,4,6H2,1H3,(H,17,21). The molecule has 0 saturated heterocycles. The molecule has 1 aromatic heterocycles. The van der Waals surface area contributed by atoms with Gasteiger partial charge in [-0.1, -0.05) is 5.21 Å². The van der Waals surface area contributed by atoms with Gasteiger partial charge in [0.1, 0.15) is 11.5 Å². The second kappa shape index (κ2) is 6.99. The number of benzene rings is 1. The molecule has 23 heavy (non-hydrogen) atoms. The molecule has 0 unspecified atom stereocenters. The van der Waals surface area contributed by atoms with Crippen molar-refractivity contribution in [3.05, 3.63) is 36.2 Å². The van der Waals surface area contributed by atoms with Crippen LogP contribution < -0.4 is 14.8 Å². The van der Waals surface area contributed by atoms with E-state index in [-0.39, 0.29) is 17.9 Å². The second-order valence-corrected chi connectivity index (χ2v) is 4.33. The zero-order valence-electron chi connectivity index (χ0n) is 12.0. The molecule has 2 rings (SSSR count). The van der Waals surface area contributed by atoms with Gasteiger partial charge in [0.2, 0.25) is 0 Å². The first-order valence-corrected chi connectivity index (χ1v) is 6.45. The number of methoxy groups -OCH3 is 1. The molecule has 10 heteroatoms. The fourth-order valence-electron chi connectivity index (χ4n) is 1.79. The third-order valence-electron chi connectivity index (χ3n) is 2.75. The molecule has 0 aliphatic rings. The van der Waals surface area contributed by atoms with E-state index in [0.717, 1.165) is 12.1 Å². The molecule has 0 aliphatic carbocycles. The lowest BCUT2D eigenvalue weighted by Gasteiger charge is -2.13. The highest BCUT2D eigenvalue weighted by atomic mass is 19.4. The van der Waals surface area contributed by atoms with Crippen molar-refractivity contribution in [2.24, 2.45) is 0 Å². The number of halogens is 3. The van der Waals surface area contributed by atoms with Gasteiger partial charge in [-0.15, -0.1) is 18.3 Å². The van der Waals surface area contributed by atoms with Crippen LogP contribution >= 0.6 is 0 Å². The fraction of sp³-hybridized carbons (Fsp3) is 0.308. The van der Waals surface area contributed by atoms with E-state index in [4.69, 9.17) is 4.74 Å². The fourth-order valence-corrected chi connectivity index (χ4v) is 1.79. The molecule has 1 aromatic carbocycles. The maximum atomic E-state index is 12.2. The maximum Gasteiger partial charge on any atom is 0.573 e. The molecule has 0 spiro atoms. The first kappa shape index (κ1) is 16.6. The predicted octanol–water partition coefficient (Wildman–Crippen LogP) is 1.62. The van der Waals surface area contributed by atoms with Gasteiger partial charge in [-0.3, -0.25) is 9.48 Å². The van der Waals surface area contributed by atoms with Gasteiger partial charge in [0, 0.05) is 18.8 Å². The summed E-state index contributed by atoms with van der Waals surface area (Å²) < 4.78 is 46.8. The molecular formula is C13H13F3N4O3. The van der Waals surface area contributed by atoms with E-state index in [2.05, 4.69) is 20.4 Å². The molecule has 0 bridgehead atoms. The van der Waals surface area contributed by atoms with E-state index in [1.165, 1.54) is 24.1 Å². The van der Waals surface area contributed by atoms with E-state index >= 15 is 0 Å². The smallest absolute Gasteiger partial charge is 0.496 e. The summed E-state index contributed by atoms with van der Waals surface area (Å²) >= 11 is 0. The molecular weight excluding hydrogens is 317 g/mol. The van der Waals surface area contributed by atoms with Crippen molar-refractivity contribution in [3.8, 4) is 11.5 Å². The Kier molecular flexibility index (Phi) is 5.04. The van der Waals surface area contributed by atoms with Crippen molar-refractivity contribution >= 4 is 5.91 Å². The van der Waals surface area contributed by atoms with Crippen LogP contribution in [0.4, 0.5) is 13.2 Å². The van der Waals surface area contributed by atoms with Crippen molar-refractivity contribution in [1.82, 2.24) is 20.3 Å². The Hall–Kier alpha value is -2.78. The van der Waals surface area contributed by atoms with Crippen LogP contribution in [0.25, 0.3) is 0 Å². The van der Waals surface area contributed by atoms with Crippen molar-refractivity contribution in [2.75, 3.05) is 13.7 Å². The molecule has 124 valence electrons. The van der Waals surface area contributed by atoms with Crippen molar-refractivity contribution in [2.45, 2.75) is 12.9 Å². The summed E-state index contributed by atoms with van der Waals surface area (Å²) in [6, 6.07) is 3.24. The summed E-state index contributed by atoms with van der Waals surface area (Å²) in [6.45, 7) is 0.676. The van der Waals surface area contributed by atoms with Gasteiger partial charge in [-0.2, -0.15) is 0 Å². The molecule has 0 aliphatic heterocycles. The minimum Gasteiger partial charge on any atom is -0.496 e. The number of rotatable bonds is 6. The molecule has 2 aromatic rings. The first-order chi connectivity index (χ1) is 10.9. The number of amides is 1. The number of aromatic nitrogens is 3. The van der Waals surface area contributed by atoms with Crippen LogP contribution in [0.15, 0.2) is 30.6 Å². The molecule has 0 atom stereocenters. The van der Waals surface area contributed by atoms with Crippen molar-refractivity contribution < 1.29 is 27.4 Å². The van der Waals surface area contributed by atoms with Gasteiger partial charge in [-0.05, 0) is 12.1 Å². The topological polar surface area (TPSA) is 78.3 Å². The largest absolute Gasteiger partial charge is 0.573 e. The predicted molar refractivity (Wildman–Crippen MR) is 72.0 cm³/mol. The van der Waals surface area contributed by atoms with Crippen molar-refractivity contribution in [1.29, 1.82) is 0 Å². The molecule has 1 heterocycles. The van der Waals surface area contributed by atoms with Gasteiger partial charge >= 0.3 is 6.36 Å². The summed E-state index contributed by atoms with van der Waals surface area (Å²) in [5.74, 6) is -0.973. The quantitative estimate of drug-likeness (QED) is 0.871. The van der Waals surface area contributed by atoms with Gasteiger partial charge in [0.15, 0.2) is 0 Å². The average molecular weight is 330 g/mol. The lowest BCUT2D eigenvalue weighted by molar-refractivity contribution is -0.274. The van der Waals surface area contributed by atoms with E-state index in [9.17, 15) is 18.0 Å². The monoisotopic (exact) mass is 330 g/mol. The summed E-state index contributed by atoms with van der Waals surface area (Å²) in [7, 11) is 1.25. The number of hydrogen-bond acceptors (Lipinski definition) is 5. The van der Waals surface area contributed by atoms with Crippen LogP contribution in [-0.2, 0) is 6.54 Å². The summed E-state index contributed by atoms with van der Waals surface area (Å²) in [6.07, 6.45) is -1.67. The average Bonchev–Trinajstić information content (AvgIpc) is 2.98. The number of ether oxygens (including phenoxy) is 2.